The van der Waals surface area contributed by atoms with Gasteiger partial charge in [-0.1, -0.05) is 11.6 Å². The fourth-order valence-electron chi connectivity index (χ4n) is 0.632. The number of halogens is 1. The van der Waals surface area contributed by atoms with E-state index < -0.39 is 24.0 Å². The van der Waals surface area contributed by atoms with E-state index in [9.17, 15) is 9.59 Å². The van der Waals surface area contributed by atoms with Crippen LogP contribution in [0.2, 0.25) is 0 Å². The molecule has 0 amide bonds. The topological polar surface area (TPSA) is 127 Å². The van der Waals surface area contributed by atoms with Gasteiger partial charge in [-0.25, -0.2) is 0 Å². The summed E-state index contributed by atoms with van der Waals surface area (Å²) in [5.41, 5.74) is 10.3. The average molecular weight is 223 g/mol. The molecular weight excluding hydrogens is 212 g/mol. The highest BCUT2D eigenvalue weighted by Gasteiger charge is 2.15. The molecule has 6 nitrogen and oxygen atoms in total. The highest BCUT2D eigenvalue weighted by atomic mass is 35.5. The molecule has 0 aromatic carbocycles. The lowest BCUT2D eigenvalue weighted by molar-refractivity contribution is -0.138. The van der Waals surface area contributed by atoms with Crippen LogP contribution in [-0.4, -0.2) is 34.2 Å². The second kappa shape index (κ2) is 5.58. The summed E-state index contributed by atoms with van der Waals surface area (Å²) in [6.07, 6.45) is 0.907. The number of aliphatic carboxylic acids is 2. The van der Waals surface area contributed by atoms with Gasteiger partial charge >= 0.3 is 11.9 Å². The Balaban J connectivity index is 4.26. The molecular formula is C7H11ClN2O4. The van der Waals surface area contributed by atoms with Crippen molar-refractivity contribution >= 4 is 23.5 Å². The Hall–Kier alpha value is -1.11. The zero-order chi connectivity index (χ0) is 11.3. The summed E-state index contributed by atoms with van der Waals surface area (Å²) in [4.78, 5) is 20.6. The SMILES string of the molecule is NC(/C=C(\Cl)CC(N)C(=O)O)C(=O)O. The molecule has 0 bridgehead atoms. The van der Waals surface area contributed by atoms with Crippen LogP contribution >= 0.6 is 11.6 Å². The third-order valence-corrected chi connectivity index (χ3v) is 1.66. The van der Waals surface area contributed by atoms with Gasteiger partial charge in [-0.15, -0.1) is 0 Å². The van der Waals surface area contributed by atoms with Crippen LogP contribution in [0.5, 0.6) is 0 Å². The number of carboxylic acids is 2. The van der Waals surface area contributed by atoms with Crippen LogP contribution in [0.4, 0.5) is 0 Å². The predicted octanol–water partition coefficient (Wildman–Crippen LogP) is -0.677. The maximum atomic E-state index is 10.3. The van der Waals surface area contributed by atoms with Gasteiger partial charge in [0.25, 0.3) is 0 Å². The van der Waals surface area contributed by atoms with E-state index in [0.29, 0.717) is 0 Å². The molecule has 0 saturated heterocycles. The van der Waals surface area contributed by atoms with Crippen LogP contribution in [0.1, 0.15) is 6.42 Å². The number of hydrogen-bond donors (Lipinski definition) is 4. The van der Waals surface area contributed by atoms with Crippen molar-refractivity contribution in [1.29, 1.82) is 0 Å². The first-order valence-corrected chi connectivity index (χ1v) is 4.05. The number of carboxylic acid groups (broad SMARTS) is 2. The van der Waals surface area contributed by atoms with Crippen molar-refractivity contribution in [3.63, 3.8) is 0 Å². The summed E-state index contributed by atoms with van der Waals surface area (Å²) >= 11 is 5.53. The monoisotopic (exact) mass is 222 g/mol. The molecule has 14 heavy (non-hydrogen) atoms. The van der Waals surface area contributed by atoms with Crippen molar-refractivity contribution in [1.82, 2.24) is 0 Å². The normalized spacial score (nSPS) is 16.1. The van der Waals surface area contributed by atoms with Crippen LogP contribution in [0.3, 0.4) is 0 Å². The lowest BCUT2D eigenvalue weighted by Gasteiger charge is -2.06. The van der Waals surface area contributed by atoms with Gasteiger partial charge in [0, 0.05) is 11.5 Å². The molecule has 2 atom stereocenters. The summed E-state index contributed by atoms with van der Waals surface area (Å²) in [6, 6.07) is -2.40. The Bertz CT molecular complexity index is 266. The molecule has 7 heteroatoms. The van der Waals surface area contributed by atoms with E-state index in [-0.39, 0.29) is 11.5 Å². The quantitative estimate of drug-likeness (QED) is 0.488. The van der Waals surface area contributed by atoms with Gasteiger partial charge in [-0.2, -0.15) is 0 Å². The number of carbonyl (C=O) groups is 2. The van der Waals surface area contributed by atoms with E-state index >= 15 is 0 Å². The Morgan fingerprint density at radius 1 is 1.29 bits per heavy atom. The summed E-state index contributed by atoms with van der Waals surface area (Å²) in [6.45, 7) is 0. The third kappa shape index (κ3) is 4.80. The van der Waals surface area contributed by atoms with E-state index in [4.69, 9.17) is 33.3 Å². The molecule has 0 aliphatic carbocycles. The van der Waals surface area contributed by atoms with Gasteiger partial charge in [-0.05, 0) is 6.08 Å². The van der Waals surface area contributed by atoms with E-state index in [2.05, 4.69) is 0 Å². The molecule has 0 fully saturated rings. The van der Waals surface area contributed by atoms with Crippen LogP contribution in [0.25, 0.3) is 0 Å². The Kier molecular flexibility index (Phi) is 5.14. The zero-order valence-corrected chi connectivity index (χ0v) is 7.94. The summed E-state index contributed by atoms with van der Waals surface area (Å²) in [7, 11) is 0. The molecule has 2 unspecified atom stereocenters. The Morgan fingerprint density at radius 3 is 2.14 bits per heavy atom. The number of hydrogen-bond acceptors (Lipinski definition) is 4. The minimum Gasteiger partial charge on any atom is -0.480 e. The standard InChI is InChI=1S/C7H11ClN2O4/c8-3(1-4(9)6(11)12)2-5(10)7(13)14/h1,4-5H,2,9-10H2,(H,11,12)(H,13,14)/b3-1-. The number of rotatable bonds is 5. The molecule has 6 N–H and O–H groups in total. The van der Waals surface area contributed by atoms with E-state index in [1.54, 1.807) is 0 Å². The molecule has 0 spiro atoms. The van der Waals surface area contributed by atoms with Crippen LogP contribution in [-0.2, 0) is 9.59 Å². The fraction of sp³-hybridized carbons (Fsp3) is 0.429. The Morgan fingerprint density at radius 2 is 1.79 bits per heavy atom. The van der Waals surface area contributed by atoms with Gasteiger partial charge in [0.2, 0.25) is 0 Å². The highest BCUT2D eigenvalue weighted by Crippen LogP contribution is 2.10. The lowest BCUT2D eigenvalue weighted by Crippen LogP contribution is -2.31. The molecule has 0 aliphatic heterocycles. The molecule has 0 aromatic heterocycles. The highest BCUT2D eigenvalue weighted by molar-refractivity contribution is 6.29. The molecule has 0 aromatic rings. The first-order chi connectivity index (χ1) is 6.34. The summed E-state index contributed by atoms with van der Waals surface area (Å²) in [5.74, 6) is -2.45. The predicted molar refractivity (Wildman–Crippen MR) is 49.8 cm³/mol. The van der Waals surface area contributed by atoms with Gasteiger partial charge in [0.15, 0.2) is 0 Å². The van der Waals surface area contributed by atoms with Gasteiger partial charge in [-0.3, -0.25) is 9.59 Å². The van der Waals surface area contributed by atoms with Gasteiger partial charge in [0.05, 0.1) is 0 Å². The first-order valence-electron chi connectivity index (χ1n) is 3.67. The van der Waals surface area contributed by atoms with E-state index in [1.165, 1.54) is 0 Å². The number of nitrogens with two attached hydrogens (primary N) is 2. The molecule has 0 saturated carbocycles. The first kappa shape index (κ1) is 12.9. The average Bonchev–Trinajstić information content (AvgIpc) is 2.03. The molecule has 0 heterocycles. The fourth-order valence-corrected chi connectivity index (χ4v) is 0.934. The van der Waals surface area contributed by atoms with Crippen LogP contribution < -0.4 is 11.5 Å². The van der Waals surface area contributed by atoms with Crippen molar-refractivity contribution in [2.45, 2.75) is 18.5 Å². The Labute approximate surface area is 85.1 Å². The second-order valence-electron chi connectivity index (χ2n) is 2.63. The molecule has 0 rings (SSSR count). The maximum absolute atomic E-state index is 10.3. The minimum absolute atomic E-state index is 0.0230. The van der Waals surface area contributed by atoms with Crippen LogP contribution in [0.15, 0.2) is 11.1 Å². The third-order valence-electron chi connectivity index (χ3n) is 1.38. The largest absolute Gasteiger partial charge is 0.480 e. The lowest BCUT2D eigenvalue weighted by atomic mass is 10.2. The summed E-state index contributed by atoms with van der Waals surface area (Å²) < 4.78 is 0. The minimum atomic E-state index is -1.25. The molecule has 0 radical (unpaired) electrons. The van der Waals surface area contributed by atoms with Crippen molar-refractivity contribution in [3.05, 3.63) is 11.1 Å². The van der Waals surface area contributed by atoms with Crippen molar-refractivity contribution in [2.75, 3.05) is 0 Å². The zero-order valence-electron chi connectivity index (χ0n) is 7.18. The van der Waals surface area contributed by atoms with Crippen molar-refractivity contribution < 1.29 is 19.8 Å². The smallest absolute Gasteiger partial charge is 0.324 e. The van der Waals surface area contributed by atoms with Gasteiger partial charge in [0.1, 0.15) is 12.1 Å². The van der Waals surface area contributed by atoms with E-state index in [0.717, 1.165) is 6.08 Å². The van der Waals surface area contributed by atoms with Crippen molar-refractivity contribution in [2.24, 2.45) is 11.5 Å². The molecule has 80 valence electrons. The van der Waals surface area contributed by atoms with Gasteiger partial charge < -0.3 is 21.7 Å². The van der Waals surface area contributed by atoms with E-state index in [1.807, 2.05) is 0 Å². The summed E-state index contributed by atoms with van der Waals surface area (Å²) in [5, 5.41) is 16.8. The maximum Gasteiger partial charge on any atom is 0.324 e. The van der Waals surface area contributed by atoms with Crippen molar-refractivity contribution in [3.8, 4) is 0 Å². The van der Waals surface area contributed by atoms with Crippen LogP contribution in [0, 0.1) is 0 Å². The second-order valence-corrected chi connectivity index (χ2v) is 3.11. The molecule has 0 aliphatic rings.